The van der Waals surface area contributed by atoms with Gasteiger partial charge < -0.3 is 16.2 Å². The van der Waals surface area contributed by atoms with Gasteiger partial charge in [-0.05, 0) is 25.5 Å². The number of aliphatic hydroxyl groups is 1. The molecule has 0 fully saturated rings. The van der Waals surface area contributed by atoms with Gasteiger partial charge in [-0.15, -0.1) is 11.3 Å². The normalized spacial score (nSPS) is 10.8. The van der Waals surface area contributed by atoms with Crippen molar-refractivity contribution in [3.63, 3.8) is 0 Å². The number of carbonyl (C=O) groups excluding carboxylic acids is 1. The van der Waals surface area contributed by atoms with E-state index < -0.39 is 0 Å². The summed E-state index contributed by atoms with van der Waals surface area (Å²) >= 11 is 1.28. The number of aryl methyl sites for hydroxylation is 2. The van der Waals surface area contributed by atoms with Gasteiger partial charge >= 0.3 is 0 Å². The summed E-state index contributed by atoms with van der Waals surface area (Å²) in [6, 6.07) is 1.95. The number of amides is 1. The van der Waals surface area contributed by atoms with Gasteiger partial charge in [0.1, 0.15) is 9.71 Å². The molecule has 5 nitrogen and oxygen atoms in total. The number of nitrogens with two attached hydrogens (primary N) is 1. The Bertz CT molecular complexity index is 607. The lowest BCUT2D eigenvalue weighted by Crippen LogP contribution is -2.26. The molecule has 2 aromatic heterocycles. The third-order valence-corrected chi connectivity index (χ3v) is 3.73. The highest BCUT2D eigenvalue weighted by atomic mass is 32.1. The molecule has 0 spiro atoms. The van der Waals surface area contributed by atoms with E-state index in [1.54, 1.807) is 0 Å². The first-order valence-corrected chi connectivity index (χ1v) is 6.41. The van der Waals surface area contributed by atoms with E-state index in [1.807, 2.05) is 19.9 Å². The van der Waals surface area contributed by atoms with Crippen molar-refractivity contribution in [1.29, 1.82) is 0 Å². The van der Waals surface area contributed by atoms with Crippen molar-refractivity contribution in [2.75, 3.05) is 18.9 Å². The van der Waals surface area contributed by atoms with Crippen LogP contribution in [0, 0.1) is 13.8 Å². The lowest BCUT2D eigenvalue weighted by molar-refractivity contribution is 0.0949. The van der Waals surface area contributed by atoms with Crippen molar-refractivity contribution in [2.24, 2.45) is 0 Å². The van der Waals surface area contributed by atoms with Gasteiger partial charge in [-0.2, -0.15) is 0 Å². The van der Waals surface area contributed by atoms with Gasteiger partial charge in [-0.1, -0.05) is 0 Å². The summed E-state index contributed by atoms with van der Waals surface area (Å²) < 4.78 is 0. The number of nitrogens with one attached hydrogen (secondary N) is 1. The smallest absolute Gasteiger partial charge is 0.263 e. The number of hydrogen-bond donors (Lipinski definition) is 3. The minimum Gasteiger partial charge on any atom is -0.397 e. The fourth-order valence-electron chi connectivity index (χ4n) is 1.89. The molecule has 0 atom stereocenters. The van der Waals surface area contributed by atoms with Crippen LogP contribution in [0.4, 0.5) is 5.69 Å². The summed E-state index contributed by atoms with van der Waals surface area (Å²) in [4.78, 5) is 17.5. The predicted octanol–water partition coefficient (Wildman–Crippen LogP) is 1.22. The Morgan fingerprint density at radius 1 is 1.56 bits per heavy atom. The molecular formula is C12H15N3O2S. The van der Waals surface area contributed by atoms with E-state index in [4.69, 9.17) is 10.8 Å². The summed E-state index contributed by atoms with van der Waals surface area (Å²) in [6.45, 7) is 3.99. The van der Waals surface area contributed by atoms with Crippen LogP contribution in [0.15, 0.2) is 6.07 Å². The summed E-state index contributed by atoms with van der Waals surface area (Å²) in [5.74, 6) is -0.262. The maximum atomic E-state index is 11.9. The second-order valence-electron chi connectivity index (χ2n) is 4.09. The molecule has 0 radical (unpaired) electrons. The maximum absolute atomic E-state index is 11.9. The number of fused-ring (bicyclic) bond motifs is 1. The van der Waals surface area contributed by atoms with Crippen LogP contribution >= 0.6 is 11.3 Å². The van der Waals surface area contributed by atoms with Crippen LogP contribution in [0.3, 0.4) is 0 Å². The zero-order chi connectivity index (χ0) is 13.3. The topological polar surface area (TPSA) is 88.2 Å². The molecule has 2 aromatic rings. The van der Waals surface area contributed by atoms with Gasteiger partial charge in [0, 0.05) is 17.6 Å². The molecule has 0 bridgehead atoms. The molecule has 2 heterocycles. The Balaban J connectivity index is 2.50. The Labute approximate surface area is 109 Å². The van der Waals surface area contributed by atoms with Crippen LogP contribution in [0.2, 0.25) is 0 Å². The van der Waals surface area contributed by atoms with E-state index in [-0.39, 0.29) is 19.1 Å². The Kier molecular flexibility index (Phi) is 3.49. The predicted molar refractivity (Wildman–Crippen MR) is 72.9 cm³/mol. The molecule has 0 saturated carbocycles. The molecule has 6 heteroatoms. The first kappa shape index (κ1) is 12.8. The number of pyridine rings is 1. The van der Waals surface area contributed by atoms with Gasteiger partial charge in [0.05, 0.1) is 12.3 Å². The SMILES string of the molecule is Cc1cc(C)c2c(N)c(C(=O)NCCO)sc2n1. The zero-order valence-electron chi connectivity index (χ0n) is 10.3. The molecule has 0 aliphatic heterocycles. The molecule has 18 heavy (non-hydrogen) atoms. The van der Waals surface area contributed by atoms with Crippen molar-refractivity contribution in [2.45, 2.75) is 13.8 Å². The summed E-state index contributed by atoms with van der Waals surface area (Å²) in [5, 5.41) is 12.1. The monoisotopic (exact) mass is 265 g/mol. The number of aromatic nitrogens is 1. The highest BCUT2D eigenvalue weighted by Crippen LogP contribution is 2.34. The minimum atomic E-state index is -0.262. The number of anilines is 1. The largest absolute Gasteiger partial charge is 0.397 e. The molecule has 2 rings (SSSR count). The highest BCUT2D eigenvalue weighted by molar-refractivity contribution is 7.21. The molecule has 0 unspecified atom stereocenters. The van der Waals surface area contributed by atoms with E-state index in [2.05, 4.69) is 10.3 Å². The molecular weight excluding hydrogens is 250 g/mol. The maximum Gasteiger partial charge on any atom is 0.263 e. The van der Waals surface area contributed by atoms with Gasteiger partial charge in [-0.3, -0.25) is 4.79 Å². The Hall–Kier alpha value is -1.66. The van der Waals surface area contributed by atoms with Crippen LogP contribution < -0.4 is 11.1 Å². The van der Waals surface area contributed by atoms with E-state index in [0.29, 0.717) is 10.6 Å². The third-order valence-electron chi connectivity index (χ3n) is 2.63. The quantitative estimate of drug-likeness (QED) is 0.778. The number of thiophene rings is 1. The standard InChI is InChI=1S/C12H15N3O2S/c1-6-5-7(2)15-12-8(6)9(13)10(18-12)11(17)14-3-4-16/h5,16H,3-4,13H2,1-2H3,(H,14,17). The van der Waals surface area contributed by atoms with E-state index in [1.165, 1.54) is 11.3 Å². The lowest BCUT2D eigenvalue weighted by Gasteiger charge is -2.02. The van der Waals surface area contributed by atoms with Gasteiger partial charge in [0.2, 0.25) is 0 Å². The van der Waals surface area contributed by atoms with Gasteiger partial charge in [0.25, 0.3) is 5.91 Å². The fourth-order valence-corrected chi connectivity index (χ4v) is 3.02. The number of hydrogen-bond acceptors (Lipinski definition) is 5. The van der Waals surface area contributed by atoms with E-state index in [9.17, 15) is 4.79 Å². The fraction of sp³-hybridized carbons (Fsp3) is 0.333. The molecule has 4 N–H and O–H groups in total. The number of carbonyl (C=O) groups is 1. The third kappa shape index (κ3) is 2.16. The van der Waals surface area contributed by atoms with Crippen LogP contribution in [-0.4, -0.2) is 29.1 Å². The van der Waals surface area contributed by atoms with Crippen molar-refractivity contribution in [1.82, 2.24) is 10.3 Å². The van der Waals surface area contributed by atoms with Crippen LogP contribution in [-0.2, 0) is 0 Å². The Morgan fingerprint density at radius 2 is 2.28 bits per heavy atom. The summed E-state index contributed by atoms with van der Waals surface area (Å²) in [5.41, 5.74) is 8.40. The second-order valence-corrected chi connectivity index (χ2v) is 5.08. The van der Waals surface area contributed by atoms with Gasteiger partial charge in [0.15, 0.2) is 0 Å². The first-order valence-electron chi connectivity index (χ1n) is 5.60. The van der Waals surface area contributed by atoms with Crippen molar-refractivity contribution in [3.8, 4) is 0 Å². The molecule has 0 aliphatic carbocycles. The Morgan fingerprint density at radius 3 is 2.94 bits per heavy atom. The van der Waals surface area contributed by atoms with Crippen LogP contribution in [0.1, 0.15) is 20.9 Å². The molecule has 0 aromatic carbocycles. The molecule has 0 saturated heterocycles. The molecule has 0 aliphatic rings. The summed E-state index contributed by atoms with van der Waals surface area (Å²) in [7, 11) is 0. The first-order chi connectivity index (χ1) is 8.54. The number of rotatable bonds is 3. The van der Waals surface area contributed by atoms with Crippen LogP contribution in [0.25, 0.3) is 10.2 Å². The van der Waals surface area contributed by atoms with E-state index >= 15 is 0 Å². The highest BCUT2D eigenvalue weighted by Gasteiger charge is 2.18. The van der Waals surface area contributed by atoms with Crippen LogP contribution in [0.5, 0.6) is 0 Å². The molecule has 1 amide bonds. The summed E-state index contributed by atoms with van der Waals surface area (Å²) in [6.07, 6.45) is 0. The average molecular weight is 265 g/mol. The number of aliphatic hydroxyl groups excluding tert-OH is 1. The van der Waals surface area contributed by atoms with Gasteiger partial charge in [-0.25, -0.2) is 4.98 Å². The van der Waals surface area contributed by atoms with E-state index in [0.717, 1.165) is 21.5 Å². The van der Waals surface area contributed by atoms with Crippen molar-refractivity contribution >= 4 is 33.1 Å². The van der Waals surface area contributed by atoms with Crippen molar-refractivity contribution in [3.05, 3.63) is 22.2 Å². The second kappa shape index (κ2) is 4.91. The number of nitrogen functional groups attached to an aromatic ring is 1. The lowest BCUT2D eigenvalue weighted by atomic mass is 10.1. The van der Waals surface area contributed by atoms with Crippen molar-refractivity contribution < 1.29 is 9.90 Å². The average Bonchev–Trinajstić information content (AvgIpc) is 2.63. The zero-order valence-corrected chi connectivity index (χ0v) is 11.1. The molecule has 96 valence electrons. The number of nitrogens with zero attached hydrogens (tertiary/aromatic N) is 1. The minimum absolute atomic E-state index is 0.0904.